The minimum absolute atomic E-state index is 0.0239. The lowest BCUT2D eigenvalue weighted by Gasteiger charge is -2.29. The van der Waals surface area contributed by atoms with Gasteiger partial charge in [0.25, 0.3) is 0 Å². The van der Waals surface area contributed by atoms with Crippen molar-refractivity contribution in [2.24, 2.45) is 11.8 Å². The van der Waals surface area contributed by atoms with E-state index in [-0.39, 0.29) is 4.90 Å². The molecule has 5 nitrogen and oxygen atoms in total. The second kappa shape index (κ2) is 5.75. The van der Waals surface area contributed by atoms with E-state index < -0.39 is 54.4 Å². The number of hydrogen-bond donors (Lipinski definition) is 1. The second-order valence-corrected chi connectivity index (χ2v) is 6.13. The summed E-state index contributed by atoms with van der Waals surface area (Å²) in [5.74, 6) is -8.46. The van der Waals surface area contributed by atoms with Crippen LogP contribution in [0, 0.1) is 11.8 Å². The lowest BCUT2D eigenvalue weighted by Crippen LogP contribution is -2.49. The maximum atomic E-state index is 13.0. The summed E-state index contributed by atoms with van der Waals surface area (Å²) >= 11 is 0. The zero-order valence-electron chi connectivity index (χ0n) is 12.3. The van der Waals surface area contributed by atoms with E-state index in [0.29, 0.717) is 0 Å². The largest absolute Gasteiger partial charge is 0.480 e. The molecule has 1 amide bonds. The molecule has 3 atom stereocenters. The van der Waals surface area contributed by atoms with Gasteiger partial charge >= 0.3 is 24.4 Å². The van der Waals surface area contributed by atoms with Gasteiger partial charge in [-0.25, -0.2) is 9.59 Å². The topological polar surface area (TPSA) is 66.8 Å². The van der Waals surface area contributed by atoms with Crippen LogP contribution in [0.1, 0.15) is 20.8 Å². The van der Waals surface area contributed by atoms with Crippen LogP contribution in [0.5, 0.6) is 0 Å². The molecular formula is C12H15F6NO4. The first-order chi connectivity index (χ1) is 10.1. The third-order valence-electron chi connectivity index (χ3n) is 3.18. The summed E-state index contributed by atoms with van der Waals surface area (Å²) < 4.78 is 82.3. The van der Waals surface area contributed by atoms with Crippen molar-refractivity contribution in [1.82, 2.24) is 4.90 Å². The van der Waals surface area contributed by atoms with E-state index in [1.54, 1.807) is 0 Å². The number of carboxylic acid groups (broad SMARTS) is 1. The molecule has 1 rings (SSSR count). The maximum absolute atomic E-state index is 13.0. The highest BCUT2D eigenvalue weighted by atomic mass is 19.4. The quantitative estimate of drug-likeness (QED) is 0.738. The average molecular weight is 351 g/mol. The smallest absolute Gasteiger partial charge is 0.411 e. The number of carboxylic acids is 1. The van der Waals surface area contributed by atoms with E-state index in [1.807, 2.05) is 0 Å². The predicted molar refractivity (Wildman–Crippen MR) is 63.5 cm³/mol. The monoisotopic (exact) mass is 351 g/mol. The lowest BCUT2D eigenvalue weighted by molar-refractivity contribution is -0.245. The molecule has 1 heterocycles. The Morgan fingerprint density at radius 3 is 1.83 bits per heavy atom. The Morgan fingerprint density at radius 1 is 1.04 bits per heavy atom. The van der Waals surface area contributed by atoms with Crippen LogP contribution in [-0.4, -0.2) is 52.6 Å². The Hall–Kier alpha value is -1.68. The van der Waals surface area contributed by atoms with Gasteiger partial charge in [0.1, 0.15) is 11.6 Å². The van der Waals surface area contributed by atoms with Crippen molar-refractivity contribution in [1.29, 1.82) is 0 Å². The van der Waals surface area contributed by atoms with Crippen LogP contribution < -0.4 is 0 Å². The van der Waals surface area contributed by atoms with Crippen molar-refractivity contribution >= 4 is 12.1 Å². The van der Waals surface area contributed by atoms with Crippen molar-refractivity contribution in [3.8, 4) is 0 Å². The molecule has 1 aliphatic rings. The highest BCUT2D eigenvalue weighted by molar-refractivity contribution is 5.81. The van der Waals surface area contributed by atoms with Crippen LogP contribution in [0.25, 0.3) is 0 Å². The van der Waals surface area contributed by atoms with Crippen molar-refractivity contribution in [3.05, 3.63) is 0 Å². The number of aliphatic carboxylic acids is 1. The van der Waals surface area contributed by atoms with Crippen molar-refractivity contribution in [2.45, 2.75) is 44.8 Å². The standard InChI is InChI=1S/C12H15F6NO4/c1-10(2,3)23-9(22)19-4-5(11(13,14)15)6(12(16,17)18)7(19)8(20)21/h5-7H,4H2,1-3H3,(H,20,21)/t5-,6-,7-/m0/s1. The zero-order valence-corrected chi connectivity index (χ0v) is 12.3. The van der Waals surface area contributed by atoms with E-state index in [2.05, 4.69) is 0 Å². The van der Waals surface area contributed by atoms with E-state index >= 15 is 0 Å². The third-order valence-corrected chi connectivity index (χ3v) is 3.18. The van der Waals surface area contributed by atoms with Crippen molar-refractivity contribution in [3.63, 3.8) is 0 Å². The summed E-state index contributed by atoms with van der Waals surface area (Å²) in [6, 6.07) is -2.70. The van der Waals surface area contributed by atoms with Gasteiger partial charge in [0.2, 0.25) is 0 Å². The minimum atomic E-state index is -5.44. The number of hydrogen-bond acceptors (Lipinski definition) is 3. The molecule has 11 heteroatoms. The van der Waals surface area contributed by atoms with Crippen LogP contribution in [0.15, 0.2) is 0 Å². The van der Waals surface area contributed by atoms with Crippen LogP contribution in [0.2, 0.25) is 0 Å². The summed E-state index contributed by atoms with van der Waals surface area (Å²) in [4.78, 5) is 22.9. The Bertz CT molecular complexity index is 481. The molecule has 0 aromatic rings. The molecule has 23 heavy (non-hydrogen) atoms. The Morgan fingerprint density at radius 2 is 1.52 bits per heavy atom. The van der Waals surface area contributed by atoms with Gasteiger partial charge in [-0.2, -0.15) is 26.3 Å². The van der Waals surface area contributed by atoms with Gasteiger partial charge in [0.05, 0.1) is 11.8 Å². The van der Waals surface area contributed by atoms with E-state index in [1.165, 1.54) is 20.8 Å². The number of alkyl halides is 6. The fraction of sp³-hybridized carbons (Fsp3) is 0.833. The van der Waals surface area contributed by atoms with Crippen molar-refractivity contribution in [2.75, 3.05) is 6.54 Å². The maximum Gasteiger partial charge on any atom is 0.411 e. The van der Waals surface area contributed by atoms with Crippen LogP contribution in [-0.2, 0) is 9.53 Å². The summed E-state index contributed by atoms with van der Waals surface area (Å²) in [5, 5.41) is 8.93. The first-order valence-corrected chi connectivity index (χ1v) is 6.41. The number of amides is 1. The summed E-state index contributed by atoms with van der Waals surface area (Å²) in [5.41, 5.74) is -1.20. The normalized spacial score (nSPS) is 26.3. The molecule has 0 spiro atoms. The van der Waals surface area contributed by atoms with E-state index in [9.17, 15) is 35.9 Å². The van der Waals surface area contributed by atoms with E-state index in [0.717, 1.165) is 0 Å². The molecule has 0 aromatic heterocycles. The first kappa shape index (κ1) is 19.4. The number of rotatable bonds is 1. The SMILES string of the molecule is CC(C)(C)OC(=O)N1C[C@H](C(F)(F)F)[C@H](C(F)(F)F)[C@H]1C(=O)O. The number of ether oxygens (including phenoxy) is 1. The second-order valence-electron chi connectivity index (χ2n) is 6.13. The fourth-order valence-electron chi connectivity index (χ4n) is 2.36. The molecule has 0 aliphatic carbocycles. The molecular weight excluding hydrogens is 336 g/mol. The molecule has 1 N–H and O–H groups in total. The molecule has 0 radical (unpaired) electrons. The number of carbonyl (C=O) groups is 2. The van der Waals surface area contributed by atoms with Gasteiger partial charge in [-0.3, -0.25) is 4.90 Å². The highest BCUT2D eigenvalue weighted by Gasteiger charge is 2.66. The number of likely N-dealkylation sites (tertiary alicyclic amines) is 1. The summed E-state index contributed by atoms with van der Waals surface area (Å²) in [6.45, 7) is 2.61. The highest BCUT2D eigenvalue weighted by Crippen LogP contribution is 2.48. The summed E-state index contributed by atoms with van der Waals surface area (Å²) in [6.07, 6.45) is -12.3. The Kier molecular flexibility index (Phi) is 4.84. The van der Waals surface area contributed by atoms with Gasteiger partial charge in [0, 0.05) is 6.54 Å². The van der Waals surface area contributed by atoms with Crippen molar-refractivity contribution < 1.29 is 45.8 Å². The molecule has 1 aliphatic heterocycles. The van der Waals surface area contributed by atoms with Gasteiger partial charge in [-0.05, 0) is 20.8 Å². The predicted octanol–water partition coefficient (Wildman–Crippen LogP) is 3.05. The molecule has 0 bridgehead atoms. The summed E-state index contributed by atoms with van der Waals surface area (Å²) in [7, 11) is 0. The molecule has 0 aromatic carbocycles. The zero-order chi connectivity index (χ0) is 18.4. The molecule has 0 unspecified atom stereocenters. The van der Waals surface area contributed by atoms with Crippen LogP contribution in [0.3, 0.4) is 0 Å². The van der Waals surface area contributed by atoms with E-state index in [4.69, 9.17) is 9.84 Å². The number of halogens is 6. The number of carbonyl (C=O) groups excluding carboxylic acids is 1. The lowest BCUT2D eigenvalue weighted by atomic mass is 9.89. The molecule has 134 valence electrons. The molecule has 0 saturated carbocycles. The first-order valence-electron chi connectivity index (χ1n) is 6.41. The Balaban J connectivity index is 3.28. The minimum Gasteiger partial charge on any atom is -0.480 e. The fourth-order valence-corrected chi connectivity index (χ4v) is 2.36. The van der Waals surface area contributed by atoms with Gasteiger partial charge < -0.3 is 9.84 Å². The Labute approximate surface area is 127 Å². The molecule has 1 fully saturated rings. The van der Waals surface area contributed by atoms with Crippen LogP contribution >= 0.6 is 0 Å². The molecule has 1 saturated heterocycles. The van der Waals surface area contributed by atoms with Gasteiger partial charge in [-0.1, -0.05) is 0 Å². The third kappa shape index (κ3) is 4.41. The van der Waals surface area contributed by atoms with Gasteiger partial charge in [-0.15, -0.1) is 0 Å². The average Bonchev–Trinajstić information content (AvgIpc) is 2.65. The van der Waals surface area contributed by atoms with Gasteiger partial charge in [0.15, 0.2) is 0 Å². The van der Waals surface area contributed by atoms with Crippen LogP contribution in [0.4, 0.5) is 31.1 Å². The number of nitrogens with zero attached hydrogens (tertiary/aromatic N) is 1.